The summed E-state index contributed by atoms with van der Waals surface area (Å²) < 4.78 is 5.88. The monoisotopic (exact) mass is 558 g/mol. The van der Waals surface area contributed by atoms with E-state index in [0.717, 1.165) is 30.4 Å². The minimum Gasteiger partial charge on any atom is -0.424 e. The highest BCUT2D eigenvalue weighted by atomic mass is 35.5. The third-order valence-electron chi connectivity index (χ3n) is 6.83. The second kappa shape index (κ2) is 11.1. The Balaban J connectivity index is 1.31. The Hall–Kier alpha value is -4.24. The van der Waals surface area contributed by atoms with Crippen molar-refractivity contribution in [2.45, 2.75) is 58.5 Å². The number of nitrogens with zero attached hydrogens (tertiary/aromatic N) is 3. The molecule has 0 aliphatic heterocycles. The molecule has 1 aromatic carbocycles. The van der Waals surface area contributed by atoms with Crippen LogP contribution in [0.5, 0.6) is 11.8 Å². The standard InChI is InChI=1S/C30H31ClN6O3/c1-17(38)33-22-11-9-20(10-12-22)19-5-7-21(8-6-19)27-24(31)15-25-28(35-27)36-29(34-25)40-23-13-14-26(32-16-23)30(3,4)37-18(2)39/h5-9,13-16,22H,10-12H2,1-4H3,(H,33,38)(H,37,39)(H,34,35,36). The first kappa shape index (κ1) is 27.3. The van der Waals surface area contributed by atoms with E-state index in [2.05, 4.69) is 43.8 Å². The molecule has 1 aliphatic rings. The lowest BCUT2D eigenvalue weighted by atomic mass is 9.90. The van der Waals surface area contributed by atoms with Gasteiger partial charge in [-0.25, -0.2) is 4.98 Å². The number of benzene rings is 1. The summed E-state index contributed by atoms with van der Waals surface area (Å²) in [6.07, 6.45) is 6.46. The summed E-state index contributed by atoms with van der Waals surface area (Å²) in [4.78, 5) is 39.5. The summed E-state index contributed by atoms with van der Waals surface area (Å²) >= 11 is 6.61. The summed E-state index contributed by atoms with van der Waals surface area (Å²) in [5.41, 5.74) is 5.17. The number of amides is 2. The van der Waals surface area contributed by atoms with Gasteiger partial charge in [0.25, 0.3) is 0 Å². The van der Waals surface area contributed by atoms with Crippen molar-refractivity contribution in [1.82, 2.24) is 30.6 Å². The van der Waals surface area contributed by atoms with E-state index in [4.69, 9.17) is 21.3 Å². The molecule has 0 radical (unpaired) electrons. The number of carbonyl (C=O) groups excluding carboxylic acids is 2. The molecule has 3 N–H and O–H groups in total. The number of imidazole rings is 1. The predicted octanol–water partition coefficient (Wildman–Crippen LogP) is 5.91. The van der Waals surface area contributed by atoms with Gasteiger partial charge in [-0.2, -0.15) is 4.98 Å². The van der Waals surface area contributed by atoms with E-state index in [1.54, 1.807) is 31.3 Å². The van der Waals surface area contributed by atoms with Gasteiger partial charge in [0.05, 0.1) is 33.7 Å². The minimum atomic E-state index is -0.608. The smallest absolute Gasteiger partial charge is 0.301 e. The summed E-state index contributed by atoms with van der Waals surface area (Å²) in [5.74, 6) is 0.373. The van der Waals surface area contributed by atoms with Gasteiger partial charge < -0.3 is 20.4 Å². The third-order valence-corrected chi connectivity index (χ3v) is 7.12. The maximum absolute atomic E-state index is 11.5. The molecule has 206 valence electrons. The molecule has 0 fully saturated rings. The zero-order valence-corrected chi connectivity index (χ0v) is 23.6. The van der Waals surface area contributed by atoms with Crippen molar-refractivity contribution in [3.8, 4) is 23.0 Å². The van der Waals surface area contributed by atoms with Crippen LogP contribution in [0.25, 0.3) is 28.0 Å². The van der Waals surface area contributed by atoms with Crippen LogP contribution < -0.4 is 15.4 Å². The number of hydrogen-bond donors (Lipinski definition) is 3. The topological polar surface area (TPSA) is 122 Å². The Morgan fingerprint density at radius 3 is 2.42 bits per heavy atom. The molecule has 3 heterocycles. The maximum atomic E-state index is 11.5. The molecule has 0 spiro atoms. The number of hydrogen-bond acceptors (Lipinski definition) is 6. The number of rotatable bonds is 7. The predicted molar refractivity (Wildman–Crippen MR) is 155 cm³/mol. The lowest BCUT2D eigenvalue weighted by Gasteiger charge is -2.24. The fraction of sp³-hybridized carbons (Fsp3) is 0.300. The molecule has 4 aromatic rings. The number of allylic oxidation sites excluding steroid dienone is 1. The number of halogens is 1. The Morgan fingerprint density at radius 1 is 1.05 bits per heavy atom. The summed E-state index contributed by atoms with van der Waals surface area (Å²) in [6, 6.07) is 14.0. The van der Waals surface area contributed by atoms with Gasteiger partial charge in [0.2, 0.25) is 11.8 Å². The van der Waals surface area contributed by atoms with Crippen LogP contribution in [0, 0.1) is 0 Å². The van der Waals surface area contributed by atoms with Gasteiger partial charge >= 0.3 is 6.01 Å². The third kappa shape index (κ3) is 6.15. The fourth-order valence-electron chi connectivity index (χ4n) is 4.93. The summed E-state index contributed by atoms with van der Waals surface area (Å²) in [6.45, 7) is 6.80. The first-order valence-electron chi connectivity index (χ1n) is 13.1. The molecule has 0 bridgehead atoms. The molecule has 9 nitrogen and oxygen atoms in total. The first-order valence-corrected chi connectivity index (χ1v) is 13.5. The van der Waals surface area contributed by atoms with Gasteiger partial charge in [0.15, 0.2) is 5.65 Å². The van der Waals surface area contributed by atoms with Gasteiger partial charge in [-0.1, -0.05) is 41.9 Å². The van der Waals surface area contributed by atoms with Crippen LogP contribution in [0.2, 0.25) is 5.02 Å². The Kier molecular flexibility index (Phi) is 7.58. The second-order valence-electron chi connectivity index (χ2n) is 10.5. The van der Waals surface area contributed by atoms with E-state index < -0.39 is 5.54 Å². The molecule has 5 rings (SSSR count). The molecule has 40 heavy (non-hydrogen) atoms. The first-order chi connectivity index (χ1) is 19.1. The van der Waals surface area contributed by atoms with E-state index >= 15 is 0 Å². The van der Waals surface area contributed by atoms with Crippen LogP contribution in [0.1, 0.15) is 58.2 Å². The lowest BCUT2D eigenvalue weighted by Crippen LogP contribution is -2.40. The van der Waals surface area contributed by atoms with Gasteiger partial charge in [0, 0.05) is 25.5 Å². The quantitative estimate of drug-likeness (QED) is 0.259. The van der Waals surface area contributed by atoms with E-state index in [1.165, 1.54) is 12.5 Å². The molecule has 1 aliphatic carbocycles. The molecular weight excluding hydrogens is 528 g/mol. The highest BCUT2D eigenvalue weighted by Crippen LogP contribution is 2.33. The number of ether oxygens (including phenoxy) is 1. The molecule has 0 saturated heterocycles. The molecule has 2 amide bonds. The van der Waals surface area contributed by atoms with E-state index in [1.807, 2.05) is 26.0 Å². The van der Waals surface area contributed by atoms with Crippen molar-refractivity contribution in [3.63, 3.8) is 0 Å². The molecular formula is C30H31ClN6O3. The maximum Gasteiger partial charge on any atom is 0.301 e. The molecule has 10 heteroatoms. The molecule has 0 saturated carbocycles. The van der Waals surface area contributed by atoms with Crippen molar-refractivity contribution in [1.29, 1.82) is 0 Å². The number of fused-ring (bicyclic) bond motifs is 1. The van der Waals surface area contributed by atoms with Gasteiger partial charge in [-0.15, -0.1) is 0 Å². The van der Waals surface area contributed by atoms with Crippen LogP contribution in [-0.2, 0) is 15.1 Å². The van der Waals surface area contributed by atoms with Gasteiger partial charge in [0.1, 0.15) is 5.75 Å². The number of aromatic nitrogens is 4. The zero-order valence-electron chi connectivity index (χ0n) is 22.8. The van der Waals surface area contributed by atoms with E-state index in [0.29, 0.717) is 33.3 Å². The average molecular weight is 559 g/mol. The van der Waals surface area contributed by atoms with Gasteiger partial charge in [-0.05, 0) is 62.4 Å². The van der Waals surface area contributed by atoms with Crippen molar-refractivity contribution in [3.05, 3.63) is 71.0 Å². The fourth-order valence-corrected chi connectivity index (χ4v) is 5.19. The zero-order chi connectivity index (χ0) is 28.4. The number of nitrogens with one attached hydrogen (secondary N) is 3. The summed E-state index contributed by atoms with van der Waals surface area (Å²) in [7, 11) is 0. The van der Waals surface area contributed by atoms with Crippen LogP contribution in [-0.4, -0.2) is 37.8 Å². The molecule has 1 atom stereocenters. The Labute approximate surface area is 237 Å². The highest BCUT2D eigenvalue weighted by molar-refractivity contribution is 6.33. The number of carbonyl (C=O) groups is 2. The number of pyridine rings is 2. The Bertz CT molecular complexity index is 1590. The highest BCUT2D eigenvalue weighted by Gasteiger charge is 2.23. The van der Waals surface area contributed by atoms with Crippen molar-refractivity contribution in [2.24, 2.45) is 0 Å². The number of H-pyrrole nitrogens is 1. The van der Waals surface area contributed by atoms with Crippen molar-refractivity contribution < 1.29 is 14.3 Å². The minimum absolute atomic E-state index is 0.0122. The molecule has 1 unspecified atom stereocenters. The van der Waals surface area contributed by atoms with E-state index in [-0.39, 0.29) is 23.9 Å². The molecule has 3 aromatic heterocycles. The summed E-state index contributed by atoms with van der Waals surface area (Å²) in [5, 5.41) is 6.37. The second-order valence-corrected chi connectivity index (χ2v) is 10.9. The Morgan fingerprint density at radius 2 is 1.80 bits per heavy atom. The van der Waals surface area contributed by atoms with E-state index in [9.17, 15) is 9.59 Å². The average Bonchev–Trinajstić information content (AvgIpc) is 3.29. The van der Waals surface area contributed by atoms with Crippen molar-refractivity contribution in [2.75, 3.05) is 0 Å². The lowest BCUT2D eigenvalue weighted by molar-refractivity contribution is -0.121. The van der Waals surface area contributed by atoms with Crippen molar-refractivity contribution >= 4 is 40.2 Å². The SMILES string of the molecule is CC(=O)NC1CC=C(c2ccc(-c3nc4nc(Oc5ccc(C(C)(C)NC(C)=O)nc5)[nH]c4cc3Cl)cc2)CC1. The van der Waals surface area contributed by atoms with Gasteiger partial charge in [-0.3, -0.25) is 14.6 Å². The van der Waals surface area contributed by atoms with Crippen LogP contribution in [0.3, 0.4) is 0 Å². The van der Waals surface area contributed by atoms with Crippen LogP contribution >= 0.6 is 11.6 Å². The normalized spacial score (nSPS) is 15.4. The largest absolute Gasteiger partial charge is 0.424 e. The van der Waals surface area contributed by atoms with Crippen LogP contribution in [0.15, 0.2) is 54.7 Å². The number of aromatic amines is 1. The van der Waals surface area contributed by atoms with Crippen LogP contribution in [0.4, 0.5) is 0 Å².